The number of nitrogens with zero attached hydrogens (tertiary/aromatic N) is 2. The predicted molar refractivity (Wildman–Crippen MR) is 113 cm³/mol. The zero-order valence-electron chi connectivity index (χ0n) is 15.0. The molecule has 5 nitrogen and oxygen atoms in total. The van der Waals surface area contributed by atoms with Gasteiger partial charge in [0.25, 0.3) is 0 Å². The Morgan fingerprint density at radius 1 is 1.00 bits per heavy atom. The lowest BCUT2D eigenvalue weighted by Gasteiger charge is -2.13. The summed E-state index contributed by atoms with van der Waals surface area (Å²) < 4.78 is 0. The van der Waals surface area contributed by atoms with Gasteiger partial charge in [0.15, 0.2) is 0 Å². The average Bonchev–Trinajstić information content (AvgIpc) is 2.75. The van der Waals surface area contributed by atoms with Gasteiger partial charge in [-0.25, -0.2) is 0 Å². The van der Waals surface area contributed by atoms with E-state index in [0.717, 1.165) is 27.7 Å². The Hall–Kier alpha value is -4.17. The van der Waals surface area contributed by atoms with Crippen LogP contribution < -0.4 is 11.1 Å². The average molecular weight is 363 g/mol. The molecule has 134 valence electrons. The van der Waals surface area contributed by atoms with Crippen LogP contribution in [0.25, 0.3) is 10.8 Å². The number of hydrogen-bond donors (Lipinski definition) is 3. The SMILES string of the molecule is N#Cc1ccc2c(Nc3ccc(N)c(C(=N)c4ccncc4)c3)cccc2c1. The van der Waals surface area contributed by atoms with Crippen LogP contribution in [0.15, 0.2) is 79.1 Å². The summed E-state index contributed by atoms with van der Waals surface area (Å²) in [5, 5.41) is 23.0. The Morgan fingerprint density at radius 3 is 2.61 bits per heavy atom. The molecule has 0 aliphatic carbocycles. The lowest BCUT2D eigenvalue weighted by molar-refractivity contribution is 1.31. The molecule has 0 saturated carbocycles. The minimum absolute atomic E-state index is 0.347. The molecule has 5 heteroatoms. The standard InChI is InChI=1S/C23H17N5/c24-14-15-4-6-19-17(12-15)2-1-3-22(19)28-18-5-7-21(25)20(13-18)23(26)16-8-10-27-11-9-16/h1-13,26,28H,25H2. The van der Waals surface area contributed by atoms with Gasteiger partial charge < -0.3 is 11.1 Å². The number of fused-ring (bicyclic) bond motifs is 1. The Morgan fingerprint density at radius 2 is 1.82 bits per heavy atom. The number of pyridine rings is 1. The molecule has 0 aliphatic rings. The van der Waals surface area contributed by atoms with E-state index in [-0.39, 0.29) is 0 Å². The fourth-order valence-electron chi connectivity index (χ4n) is 3.14. The van der Waals surface area contributed by atoms with Gasteiger partial charge in [0.05, 0.1) is 17.3 Å². The molecule has 0 atom stereocenters. The van der Waals surface area contributed by atoms with E-state index in [9.17, 15) is 0 Å². The largest absolute Gasteiger partial charge is 0.398 e. The van der Waals surface area contributed by atoms with Gasteiger partial charge in [0.2, 0.25) is 0 Å². The quantitative estimate of drug-likeness (QED) is 0.356. The van der Waals surface area contributed by atoms with Crippen molar-refractivity contribution in [2.24, 2.45) is 0 Å². The third kappa shape index (κ3) is 3.27. The molecule has 0 radical (unpaired) electrons. The first-order valence-electron chi connectivity index (χ1n) is 8.74. The van der Waals surface area contributed by atoms with Crippen LogP contribution in [0.4, 0.5) is 17.1 Å². The number of aromatic nitrogens is 1. The van der Waals surface area contributed by atoms with Gasteiger partial charge in [-0.1, -0.05) is 18.2 Å². The Bertz CT molecular complexity index is 1220. The van der Waals surface area contributed by atoms with Gasteiger partial charge in [0.1, 0.15) is 0 Å². The molecule has 28 heavy (non-hydrogen) atoms. The van der Waals surface area contributed by atoms with E-state index in [2.05, 4.69) is 16.4 Å². The highest BCUT2D eigenvalue weighted by Gasteiger charge is 2.10. The summed E-state index contributed by atoms with van der Waals surface area (Å²) in [7, 11) is 0. The number of anilines is 3. The minimum atomic E-state index is 0.347. The fraction of sp³-hybridized carbons (Fsp3) is 0. The van der Waals surface area contributed by atoms with Gasteiger partial charge in [-0.3, -0.25) is 10.4 Å². The lowest BCUT2D eigenvalue weighted by atomic mass is 10.0. The van der Waals surface area contributed by atoms with E-state index in [1.54, 1.807) is 36.7 Å². The Labute approximate surface area is 162 Å². The van der Waals surface area contributed by atoms with Gasteiger partial charge in [-0.05, 0) is 53.9 Å². The van der Waals surface area contributed by atoms with E-state index < -0.39 is 0 Å². The van der Waals surface area contributed by atoms with E-state index in [4.69, 9.17) is 16.4 Å². The van der Waals surface area contributed by atoms with Crippen molar-refractivity contribution in [3.05, 3.63) is 95.8 Å². The number of hydrogen-bond acceptors (Lipinski definition) is 5. The van der Waals surface area contributed by atoms with Gasteiger partial charge >= 0.3 is 0 Å². The second-order valence-electron chi connectivity index (χ2n) is 6.39. The highest BCUT2D eigenvalue weighted by atomic mass is 14.9. The highest BCUT2D eigenvalue weighted by Crippen LogP contribution is 2.29. The van der Waals surface area contributed by atoms with Crippen LogP contribution in [0.1, 0.15) is 16.7 Å². The van der Waals surface area contributed by atoms with Crippen LogP contribution in [0, 0.1) is 16.7 Å². The van der Waals surface area contributed by atoms with Gasteiger partial charge in [-0.15, -0.1) is 0 Å². The smallest absolute Gasteiger partial charge is 0.0991 e. The van der Waals surface area contributed by atoms with Crippen LogP contribution in [0.2, 0.25) is 0 Å². The lowest BCUT2D eigenvalue weighted by Crippen LogP contribution is -2.06. The van der Waals surface area contributed by atoms with E-state index >= 15 is 0 Å². The molecule has 1 heterocycles. The van der Waals surface area contributed by atoms with Crippen LogP contribution in [0.3, 0.4) is 0 Å². The summed E-state index contributed by atoms with van der Waals surface area (Å²) >= 11 is 0. The number of rotatable bonds is 4. The minimum Gasteiger partial charge on any atom is -0.398 e. The maximum Gasteiger partial charge on any atom is 0.0991 e. The van der Waals surface area contributed by atoms with Crippen molar-refractivity contribution in [2.45, 2.75) is 0 Å². The monoisotopic (exact) mass is 363 g/mol. The number of nitrogens with one attached hydrogen (secondary N) is 2. The second kappa shape index (κ2) is 7.22. The molecule has 4 aromatic rings. The molecule has 0 bridgehead atoms. The van der Waals surface area contributed by atoms with Crippen molar-refractivity contribution >= 4 is 33.5 Å². The van der Waals surface area contributed by atoms with Crippen LogP contribution in [0.5, 0.6) is 0 Å². The molecular formula is C23H17N5. The molecule has 3 aromatic carbocycles. The maximum atomic E-state index is 9.10. The van der Waals surface area contributed by atoms with Crippen LogP contribution >= 0.6 is 0 Å². The van der Waals surface area contributed by atoms with E-state index in [1.807, 2.05) is 42.5 Å². The first kappa shape index (κ1) is 17.3. The molecule has 4 N–H and O–H groups in total. The van der Waals surface area contributed by atoms with Crippen molar-refractivity contribution in [1.82, 2.24) is 4.98 Å². The summed E-state index contributed by atoms with van der Waals surface area (Å²) in [5.41, 5.74) is 10.8. The molecule has 0 fully saturated rings. The van der Waals surface area contributed by atoms with Crippen LogP contribution in [-0.4, -0.2) is 10.7 Å². The topological polar surface area (TPSA) is 98.6 Å². The Balaban J connectivity index is 1.71. The molecule has 1 aromatic heterocycles. The number of nitrogens with two attached hydrogens (primary N) is 1. The Kier molecular flexibility index (Phi) is 4.45. The predicted octanol–water partition coefficient (Wildman–Crippen LogP) is 4.85. The zero-order valence-corrected chi connectivity index (χ0v) is 15.0. The molecule has 0 amide bonds. The van der Waals surface area contributed by atoms with Crippen molar-refractivity contribution in [3.63, 3.8) is 0 Å². The van der Waals surface area contributed by atoms with Crippen molar-refractivity contribution in [2.75, 3.05) is 11.1 Å². The van der Waals surface area contributed by atoms with Gasteiger partial charge in [-0.2, -0.15) is 5.26 Å². The third-order valence-corrected chi connectivity index (χ3v) is 4.58. The summed E-state index contributed by atoms with van der Waals surface area (Å²) in [4.78, 5) is 4.00. The normalized spacial score (nSPS) is 10.4. The first-order chi connectivity index (χ1) is 13.7. The number of nitriles is 1. The van der Waals surface area contributed by atoms with E-state index in [1.165, 1.54) is 0 Å². The van der Waals surface area contributed by atoms with Crippen molar-refractivity contribution < 1.29 is 0 Å². The van der Waals surface area contributed by atoms with Crippen molar-refractivity contribution in [1.29, 1.82) is 10.7 Å². The fourth-order valence-corrected chi connectivity index (χ4v) is 3.14. The first-order valence-corrected chi connectivity index (χ1v) is 8.74. The number of benzene rings is 3. The molecule has 4 rings (SSSR count). The van der Waals surface area contributed by atoms with Crippen LogP contribution in [-0.2, 0) is 0 Å². The van der Waals surface area contributed by atoms with E-state index in [0.29, 0.717) is 22.5 Å². The van der Waals surface area contributed by atoms with Crippen molar-refractivity contribution in [3.8, 4) is 6.07 Å². The zero-order chi connectivity index (χ0) is 19.5. The molecule has 0 saturated heterocycles. The highest BCUT2D eigenvalue weighted by molar-refractivity contribution is 6.14. The van der Waals surface area contributed by atoms with Gasteiger partial charge in [0, 0.05) is 46.0 Å². The summed E-state index contributed by atoms with van der Waals surface area (Å²) in [6.07, 6.45) is 3.32. The summed E-state index contributed by atoms with van der Waals surface area (Å²) in [6, 6.07) is 22.8. The summed E-state index contributed by atoms with van der Waals surface area (Å²) in [6.45, 7) is 0. The summed E-state index contributed by atoms with van der Waals surface area (Å²) in [5.74, 6) is 0. The maximum absolute atomic E-state index is 9.10. The molecular weight excluding hydrogens is 346 g/mol. The third-order valence-electron chi connectivity index (χ3n) is 4.58. The second-order valence-corrected chi connectivity index (χ2v) is 6.39. The molecule has 0 spiro atoms. The molecule has 0 aliphatic heterocycles. The molecule has 0 unspecified atom stereocenters. The number of nitrogen functional groups attached to an aromatic ring is 1.